The predicted molar refractivity (Wildman–Crippen MR) is 79.7 cm³/mol. The summed E-state index contributed by atoms with van der Waals surface area (Å²) in [6.45, 7) is 3.77. The van der Waals surface area contributed by atoms with Crippen LogP contribution in [0.1, 0.15) is 29.7 Å². The molecule has 3 rings (SSSR count). The van der Waals surface area contributed by atoms with Gasteiger partial charge >= 0.3 is 0 Å². The van der Waals surface area contributed by atoms with E-state index in [4.69, 9.17) is 4.42 Å². The number of furan rings is 1. The van der Waals surface area contributed by atoms with Crippen molar-refractivity contribution in [3.05, 3.63) is 47.5 Å². The van der Waals surface area contributed by atoms with Crippen LogP contribution >= 0.6 is 0 Å². The summed E-state index contributed by atoms with van der Waals surface area (Å²) in [5, 5.41) is 3.52. The molecule has 1 saturated carbocycles. The molecule has 4 nitrogen and oxygen atoms in total. The quantitative estimate of drug-likeness (QED) is 0.877. The second-order valence-corrected chi connectivity index (χ2v) is 5.57. The second kappa shape index (κ2) is 5.67. The average molecular weight is 271 g/mol. The minimum absolute atomic E-state index is 0.733. The molecule has 0 amide bonds. The number of pyridine rings is 1. The minimum atomic E-state index is 0.733. The van der Waals surface area contributed by atoms with Gasteiger partial charge in [-0.05, 0) is 49.1 Å². The number of aryl methyl sites for hydroxylation is 1. The van der Waals surface area contributed by atoms with Crippen molar-refractivity contribution in [1.82, 2.24) is 10.3 Å². The van der Waals surface area contributed by atoms with E-state index in [-0.39, 0.29) is 0 Å². The monoisotopic (exact) mass is 271 g/mol. The topological polar surface area (TPSA) is 41.3 Å². The average Bonchev–Trinajstić information content (AvgIpc) is 3.13. The highest BCUT2D eigenvalue weighted by atomic mass is 16.3. The van der Waals surface area contributed by atoms with E-state index in [1.165, 1.54) is 24.0 Å². The van der Waals surface area contributed by atoms with Crippen molar-refractivity contribution < 1.29 is 4.42 Å². The number of rotatable bonds is 6. The lowest BCUT2D eigenvalue weighted by Crippen LogP contribution is -2.19. The molecule has 2 aromatic heterocycles. The van der Waals surface area contributed by atoms with E-state index in [0.717, 1.165) is 30.7 Å². The maximum Gasteiger partial charge on any atom is 0.131 e. The molecular weight excluding hydrogens is 250 g/mol. The van der Waals surface area contributed by atoms with Crippen LogP contribution in [-0.4, -0.2) is 18.1 Å². The molecular formula is C16H21N3O. The van der Waals surface area contributed by atoms with Crippen molar-refractivity contribution in [3.8, 4) is 0 Å². The first-order valence-corrected chi connectivity index (χ1v) is 7.15. The molecule has 0 radical (unpaired) electrons. The Morgan fingerprint density at radius 1 is 1.45 bits per heavy atom. The van der Waals surface area contributed by atoms with Gasteiger partial charge in [0, 0.05) is 25.8 Å². The summed E-state index contributed by atoms with van der Waals surface area (Å²) >= 11 is 0. The highest BCUT2D eigenvalue weighted by Gasteiger charge is 2.20. The fraction of sp³-hybridized carbons (Fsp3) is 0.438. The number of anilines is 1. The van der Waals surface area contributed by atoms with Gasteiger partial charge < -0.3 is 14.6 Å². The van der Waals surface area contributed by atoms with Gasteiger partial charge in [0.2, 0.25) is 0 Å². The maximum absolute atomic E-state index is 5.38. The lowest BCUT2D eigenvalue weighted by atomic mass is 10.2. The Morgan fingerprint density at radius 2 is 2.30 bits per heavy atom. The van der Waals surface area contributed by atoms with Gasteiger partial charge in [-0.2, -0.15) is 0 Å². The molecule has 0 unspecified atom stereocenters. The summed E-state index contributed by atoms with van der Waals surface area (Å²) in [6, 6.07) is 6.85. The Kier molecular flexibility index (Phi) is 3.74. The third-order valence-corrected chi connectivity index (χ3v) is 3.61. The Morgan fingerprint density at radius 3 is 2.95 bits per heavy atom. The lowest BCUT2D eigenvalue weighted by Gasteiger charge is -2.19. The van der Waals surface area contributed by atoms with E-state index >= 15 is 0 Å². The van der Waals surface area contributed by atoms with Gasteiger partial charge in [0.15, 0.2) is 0 Å². The minimum Gasteiger partial charge on any atom is -0.467 e. The van der Waals surface area contributed by atoms with E-state index < -0.39 is 0 Å². The van der Waals surface area contributed by atoms with Crippen LogP contribution < -0.4 is 10.2 Å². The number of nitrogens with one attached hydrogen (secondary N) is 1. The zero-order chi connectivity index (χ0) is 13.9. The maximum atomic E-state index is 5.38. The molecule has 0 bridgehead atoms. The van der Waals surface area contributed by atoms with Crippen LogP contribution in [0.15, 0.2) is 35.1 Å². The SMILES string of the molecule is Cc1cc(CNC2CC2)cnc1N(C)Cc1ccco1. The first kappa shape index (κ1) is 13.2. The Balaban J connectivity index is 1.66. The van der Waals surface area contributed by atoms with Crippen molar-refractivity contribution >= 4 is 5.82 Å². The van der Waals surface area contributed by atoms with Crippen LogP contribution in [-0.2, 0) is 13.1 Å². The molecule has 2 heterocycles. The van der Waals surface area contributed by atoms with Gasteiger partial charge in [0.05, 0.1) is 12.8 Å². The van der Waals surface area contributed by atoms with Gasteiger partial charge in [-0.1, -0.05) is 0 Å². The summed E-state index contributed by atoms with van der Waals surface area (Å²) < 4.78 is 5.38. The highest BCUT2D eigenvalue weighted by Crippen LogP contribution is 2.21. The van der Waals surface area contributed by atoms with E-state index in [2.05, 4.69) is 28.2 Å². The Bertz CT molecular complexity index is 561. The first-order valence-electron chi connectivity index (χ1n) is 7.15. The molecule has 0 atom stereocenters. The van der Waals surface area contributed by atoms with Crippen LogP contribution in [0.4, 0.5) is 5.82 Å². The third kappa shape index (κ3) is 3.20. The molecule has 0 spiro atoms. The van der Waals surface area contributed by atoms with Crippen LogP contribution in [0.5, 0.6) is 0 Å². The van der Waals surface area contributed by atoms with E-state index in [1.807, 2.05) is 25.4 Å². The summed E-state index contributed by atoms with van der Waals surface area (Å²) in [4.78, 5) is 6.72. The third-order valence-electron chi connectivity index (χ3n) is 3.61. The number of aromatic nitrogens is 1. The van der Waals surface area contributed by atoms with Crippen molar-refractivity contribution in [3.63, 3.8) is 0 Å². The fourth-order valence-electron chi connectivity index (χ4n) is 2.38. The standard InChI is InChI=1S/C16H21N3O/c1-12-8-13(9-17-14-5-6-14)10-18-16(12)19(2)11-15-4-3-7-20-15/h3-4,7-8,10,14,17H,5-6,9,11H2,1-2H3. The number of hydrogen-bond donors (Lipinski definition) is 1. The van der Waals surface area contributed by atoms with Crippen molar-refractivity contribution in [2.75, 3.05) is 11.9 Å². The van der Waals surface area contributed by atoms with E-state index in [1.54, 1.807) is 6.26 Å². The number of hydrogen-bond acceptors (Lipinski definition) is 4. The van der Waals surface area contributed by atoms with Gasteiger partial charge in [-0.15, -0.1) is 0 Å². The summed E-state index contributed by atoms with van der Waals surface area (Å²) in [5.41, 5.74) is 2.46. The van der Waals surface area contributed by atoms with Crippen molar-refractivity contribution in [1.29, 1.82) is 0 Å². The molecule has 2 aromatic rings. The molecule has 0 aromatic carbocycles. The van der Waals surface area contributed by atoms with Gasteiger partial charge in [-0.25, -0.2) is 4.98 Å². The fourth-order valence-corrected chi connectivity index (χ4v) is 2.38. The smallest absolute Gasteiger partial charge is 0.131 e. The van der Waals surface area contributed by atoms with Crippen LogP contribution in [0.3, 0.4) is 0 Å². The van der Waals surface area contributed by atoms with Crippen LogP contribution in [0, 0.1) is 6.92 Å². The zero-order valence-electron chi connectivity index (χ0n) is 12.1. The number of nitrogens with zero attached hydrogens (tertiary/aromatic N) is 2. The van der Waals surface area contributed by atoms with Crippen molar-refractivity contribution in [2.24, 2.45) is 0 Å². The first-order chi connectivity index (χ1) is 9.72. The predicted octanol–water partition coefficient (Wildman–Crippen LogP) is 2.87. The summed E-state index contributed by atoms with van der Waals surface area (Å²) in [7, 11) is 2.04. The Labute approximate surface area is 119 Å². The molecule has 4 heteroatoms. The zero-order valence-corrected chi connectivity index (χ0v) is 12.1. The summed E-state index contributed by atoms with van der Waals surface area (Å²) in [6.07, 6.45) is 6.30. The Hall–Kier alpha value is -1.81. The van der Waals surface area contributed by atoms with Crippen LogP contribution in [0.25, 0.3) is 0 Å². The molecule has 1 fully saturated rings. The van der Waals surface area contributed by atoms with E-state index in [0.29, 0.717) is 0 Å². The van der Waals surface area contributed by atoms with E-state index in [9.17, 15) is 0 Å². The van der Waals surface area contributed by atoms with Crippen molar-refractivity contribution in [2.45, 2.75) is 38.9 Å². The molecule has 1 N–H and O–H groups in total. The van der Waals surface area contributed by atoms with Gasteiger partial charge in [0.25, 0.3) is 0 Å². The van der Waals surface area contributed by atoms with Gasteiger partial charge in [0.1, 0.15) is 11.6 Å². The van der Waals surface area contributed by atoms with Crippen LogP contribution in [0.2, 0.25) is 0 Å². The lowest BCUT2D eigenvalue weighted by molar-refractivity contribution is 0.507. The highest BCUT2D eigenvalue weighted by molar-refractivity contribution is 5.46. The molecule has 1 aliphatic carbocycles. The summed E-state index contributed by atoms with van der Waals surface area (Å²) in [5.74, 6) is 1.96. The molecule has 106 valence electrons. The second-order valence-electron chi connectivity index (χ2n) is 5.57. The molecule has 1 aliphatic rings. The largest absolute Gasteiger partial charge is 0.467 e. The normalized spacial score (nSPS) is 14.5. The molecule has 0 saturated heterocycles. The van der Waals surface area contributed by atoms with Gasteiger partial charge in [-0.3, -0.25) is 0 Å². The molecule has 20 heavy (non-hydrogen) atoms. The molecule has 0 aliphatic heterocycles.